The Morgan fingerprint density at radius 2 is 2.03 bits per heavy atom. The van der Waals surface area contributed by atoms with E-state index in [9.17, 15) is 19.2 Å². The molecule has 0 saturated carbocycles. The highest BCUT2D eigenvalue weighted by Gasteiger charge is 2.25. The zero-order valence-electron chi connectivity index (χ0n) is 19.8. The number of nitrogens with two attached hydrogens (primary N) is 1. The Bertz CT molecular complexity index is 1110. The molecule has 0 aliphatic carbocycles. The lowest BCUT2D eigenvalue weighted by atomic mass is 9.92. The molecule has 0 bridgehead atoms. The van der Waals surface area contributed by atoms with Gasteiger partial charge in [0.1, 0.15) is 11.9 Å². The molecular weight excluding hydrogens is 474 g/mol. The maximum absolute atomic E-state index is 12.8. The number of nitrogens with one attached hydrogen (secondary N) is 3. The van der Waals surface area contributed by atoms with Crippen LogP contribution in [0.15, 0.2) is 16.9 Å². The SMILES string of the molecule is CCOC(=O)CC[C@H](NC(=O)c1ccc(CCC2CNc3nc(N)[nH]c(=O)c3C2)s1)C(=O)OCC. The second kappa shape index (κ2) is 12.3. The van der Waals surface area contributed by atoms with Gasteiger partial charge in [-0.3, -0.25) is 19.4 Å². The summed E-state index contributed by atoms with van der Waals surface area (Å²) in [6, 6.07) is 2.66. The number of carbonyl (C=O) groups is 3. The van der Waals surface area contributed by atoms with Gasteiger partial charge in [-0.2, -0.15) is 4.98 Å². The van der Waals surface area contributed by atoms with Gasteiger partial charge >= 0.3 is 11.9 Å². The van der Waals surface area contributed by atoms with Crippen LogP contribution in [0, 0.1) is 5.92 Å². The summed E-state index contributed by atoms with van der Waals surface area (Å²) in [5.41, 5.74) is 5.98. The van der Waals surface area contributed by atoms with E-state index in [2.05, 4.69) is 20.6 Å². The lowest BCUT2D eigenvalue weighted by molar-refractivity contribution is -0.146. The van der Waals surface area contributed by atoms with Gasteiger partial charge in [0.2, 0.25) is 5.95 Å². The molecular formula is C23H31N5O6S. The topological polar surface area (TPSA) is 165 Å². The Balaban J connectivity index is 1.55. The van der Waals surface area contributed by atoms with Crippen LogP contribution in [0.2, 0.25) is 0 Å². The smallest absolute Gasteiger partial charge is 0.328 e. The third kappa shape index (κ3) is 7.28. The summed E-state index contributed by atoms with van der Waals surface area (Å²) in [7, 11) is 0. The number of rotatable bonds is 11. The summed E-state index contributed by atoms with van der Waals surface area (Å²) in [4.78, 5) is 57.0. The van der Waals surface area contributed by atoms with E-state index in [0.717, 1.165) is 17.7 Å². The molecule has 0 spiro atoms. The molecule has 35 heavy (non-hydrogen) atoms. The van der Waals surface area contributed by atoms with Gasteiger partial charge in [0, 0.05) is 17.8 Å². The van der Waals surface area contributed by atoms with Crippen molar-refractivity contribution in [1.82, 2.24) is 15.3 Å². The number of thiophene rings is 1. The highest BCUT2D eigenvalue weighted by atomic mass is 32.1. The minimum absolute atomic E-state index is 0.00318. The standard InChI is InChI=1S/C23H31N5O6S/c1-3-33-18(29)10-8-16(22(32)34-4-2)26-21(31)17-9-7-14(35-17)6-5-13-11-15-19(25-12-13)27-23(24)28-20(15)30/h7,9,13,16H,3-6,8,10-12H2,1-2H3,(H,26,31)(H4,24,25,27,28,30)/t13?,16-/m0/s1. The van der Waals surface area contributed by atoms with Crippen molar-refractivity contribution >= 4 is 40.9 Å². The van der Waals surface area contributed by atoms with Gasteiger partial charge in [0.05, 0.1) is 23.7 Å². The number of hydrogen-bond acceptors (Lipinski definition) is 10. The third-order valence-electron chi connectivity index (χ3n) is 5.59. The Morgan fingerprint density at radius 3 is 2.77 bits per heavy atom. The van der Waals surface area contributed by atoms with E-state index < -0.39 is 23.9 Å². The minimum Gasteiger partial charge on any atom is -0.466 e. The van der Waals surface area contributed by atoms with Gasteiger partial charge in [-0.25, -0.2) is 4.79 Å². The van der Waals surface area contributed by atoms with Gasteiger partial charge in [-0.05, 0) is 57.6 Å². The van der Waals surface area contributed by atoms with E-state index >= 15 is 0 Å². The number of aromatic amines is 1. The van der Waals surface area contributed by atoms with Crippen molar-refractivity contribution in [2.75, 3.05) is 30.8 Å². The number of H-pyrrole nitrogens is 1. The first-order chi connectivity index (χ1) is 16.8. The Hall–Kier alpha value is -3.41. The summed E-state index contributed by atoms with van der Waals surface area (Å²) < 4.78 is 9.94. The Labute approximate surface area is 206 Å². The van der Waals surface area contributed by atoms with E-state index in [1.54, 1.807) is 19.9 Å². The summed E-state index contributed by atoms with van der Waals surface area (Å²) in [5, 5.41) is 5.86. The number of esters is 2. The first-order valence-corrected chi connectivity index (χ1v) is 12.5. The van der Waals surface area contributed by atoms with E-state index in [1.807, 2.05) is 6.07 Å². The molecule has 12 heteroatoms. The van der Waals surface area contributed by atoms with Crippen molar-refractivity contribution in [3.63, 3.8) is 0 Å². The van der Waals surface area contributed by atoms with Crippen molar-refractivity contribution in [3.05, 3.63) is 37.8 Å². The van der Waals surface area contributed by atoms with Crippen LogP contribution in [0.5, 0.6) is 0 Å². The average molecular weight is 506 g/mol. The minimum atomic E-state index is -0.938. The molecule has 3 rings (SSSR count). The number of anilines is 2. The lowest BCUT2D eigenvalue weighted by Crippen LogP contribution is -2.42. The highest BCUT2D eigenvalue weighted by molar-refractivity contribution is 7.14. The molecule has 3 heterocycles. The molecule has 11 nitrogen and oxygen atoms in total. The Kier molecular flexibility index (Phi) is 9.24. The molecule has 2 aromatic rings. The normalized spacial score (nSPS) is 15.4. The number of hydrogen-bond donors (Lipinski definition) is 4. The lowest BCUT2D eigenvalue weighted by Gasteiger charge is -2.24. The van der Waals surface area contributed by atoms with Crippen molar-refractivity contribution in [2.24, 2.45) is 5.92 Å². The van der Waals surface area contributed by atoms with Gasteiger partial charge in [0.25, 0.3) is 11.5 Å². The molecule has 5 N–H and O–H groups in total. The first kappa shape index (κ1) is 26.2. The molecule has 1 aliphatic rings. The molecule has 0 saturated heterocycles. The number of ether oxygens (including phenoxy) is 2. The number of nitrogen functional groups attached to an aromatic ring is 1. The van der Waals surface area contributed by atoms with Crippen LogP contribution in [0.25, 0.3) is 0 Å². The van der Waals surface area contributed by atoms with Crippen LogP contribution < -0.4 is 21.9 Å². The fourth-order valence-electron chi connectivity index (χ4n) is 3.85. The van der Waals surface area contributed by atoms with Crippen molar-refractivity contribution in [1.29, 1.82) is 0 Å². The maximum Gasteiger partial charge on any atom is 0.328 e. The first-order valence-electron chi connectivity index (χ1n) is 11.6. The molecule has 0 aromatic carbocycles. The average Bonchev–Trinajstić information content (AvgIpc) is 3.30. The number of carbonyl (C=O) groups excluding carboxylic acids is 3. The molecule has 1 amide bonds. The van der Waals surface area contributed by atoms with Crippen LogP contribution in [-0.2, 0) is 31.9 Å². The highest BCUT2D eigenvalue weighted by Crippen LogP contribution is 2.25. The van der Waals surface area contributed by atoms with E-state index in [1.165, 1.54) is 11.3 Å². The fourth-order valence-corrected chi connectivity index (χ4v) is 4.78. The summed E-state index contributed by atoms with van der Waals surface area (Å²) >= 11 is 1.35. The van der Waals surface area contributed by atoms with E-state index in [-0.39, 0.29) is 43.5 Å². The maximum atomic E-state index is 12.8. The molecule has 0 fully saturated rings. The van der Waals surface area contributed by atoms with E-state index in [0.29, 0.717) is 29.2 Å². The number of aryl methyl sites for hydroxylation is 1. The number of aromatic nitrogens is 2. The molecule has 2 aromatic heterocycles. The van der Waals surface area contributed by atoms with Crippen LogP contribution in [0.3, 0.4) is 0 Å². The largest absolute Gasteiger partial charge is 0.466 e. The van der Waals surface area contributed by atoms with Crippen LogP contribution in [0.1, 0.15) is 53.2 Å². The molecule has 1 aliphatic heterocycles. The van der Waals surface area contributed by atoms with Crippen LogP contribution in [0.4, 0.5) is 11.8 Å². The molecule has 0 radical (unpaired) electrons. The summed E-state index contributed by atoms with van der Waals surface area (Å²) in [5.74, 6) is -0.545. The van der Waals surface area contributed by atoms with Crippen molar-refractivity contribution < 1.29 is 23.9 Å². The molecule has 1 unspecified atom stereocenters. The van der Waals surface area contributed by atoms with Gasteiger partial charge in [-0.15, -0.1) is 11.3 Å². The van der Waals surface area contributed by atoms with Gasteiger partial charge in [0.15, 0.2) is 0 Å². The summed E-state index contributed by atoms with van der Waals surface area (Å²) in [6.45, 7) is 4.48. The monoisotopic (exact) mass is 505 g/mol. The van der Waals surface area contributed by atoms with Gasteiger partial charge in [-0.1, -0.05) is 0 Å². The quantitative estimate of drug-likeness (QED) is 0.332. The second-order valence-corrected chi connectivity index (χ2v) is 9.32. The van der Waals surface area contributed by atoms with Crippen LogP contribution >= 0.6 is 11.3 Å². The van der Waals surface area contributed by atoms with Crippen LogP contribution in [-0.4, -0.2) is 53.6 Å². The predicted molar refractivity (Wildman–Crippen MR) is 131 cm³/mol. The predicted octanol–water partition coefficient (Wildman–Crippen LogP) is 1.64. The molecule has 2 atom stereocenters. The van der Waals surface area contributed by atoms with Gasteiger partial charge < -0.3 is 25.8 Å². The second-order valence-electron chi connectivity index (χ2n) is 8.16. The number of fused-ring (bicyclic) bond motifs is 1. The number of amides is 1. The third-order valence-corrected chi connectivity index (χ3v) is 6.73. The fraction of sp³-hybridized carbons (Fsp3) is 0.522. The van der Waals surface area contributed by atoms with Crippen molar-refractivity contribution in [2.45, 2.75) is 52.0 Å². The Morgan fingerprint density at radius 1 is 1.26 bits per heavy atom. The molecule has 190 valence electrons. The number of nitrogens with zero attached hydrogens (tertiary/aromatic N) is 1. The summed E-state index contributed by atoms with van der Waals surface area (Å²) in [6.07, 6.45) is 2.26. The zero-order chi connectivity index (χ0) is 25.4. The van der Waals surface area contributed by atoms with Crippen molar-refractivity contribution in [3.8, 4) is 0 Å². The van der Waals surface area contributed by atoms with E-state index in [4.69, 9.17) is 15.2 Å². The zero-order valence-corrected chi connectivity index (χ0v) is 20.7.